The minimum Gasteiger partial charge on any atom is -0.484 e. The lowest BCUT2D eigenvalue weighted by Gasteiger charge is -2.15. The van der Waals surface area contributed by atoms with E-state index in [1.54, 1.807) is 6.07 Å². The van der Waals surface area contributed by atoms with Crippen LogP contribution in [0.1, 0.15) is 6.92 Å². The molecule has 2 amide bonds. The van der Waals surface area contributed by atoms with E-state index in [4.69, 9.17) is 9.47 Å². The second-order valence-electron chi connectivity index (χ2n) is 4.97. The van der Waals surface area contributed by atoms with Gasteiger partial charge in [0.15, 0.2) is 24.3 Å². The second kappa shape index (κ2) is 8.62. The molecule has 132 valence electrons. The van der Waals surface area contributed by atoms with E-state index in [2.05, 4.69) is 10.9 Å². The van der Waals surface area contributed by atoms with Crippen LogP contribution >= 0.6 is 0 Å². The maximum atomic E-state index is 13.4. The van der Waals surface area contributed by atoms with Crippen molar-refractivity contribution >= 4 is 11.8 Å². The van der Waals surface area contributed by atoms with Gasteiger partial charge in [0.05, 0.1) is 0 Å². The summed E-state index contributed by atoms with van der Waals surface area (Å²) < 4.78 is 36.5. The average Bonchev–Trinajstić information content (AvgIpc) is 2.61. The molecule has 0 aromatic heterocycles. The highest BCUT2D eigenvalue weighted by Gasteiger charge is 2.17. The van der Waals surface area contributed by atoms with E-state index in [1.165, 1.54) is 49.4 Å². The highest BCUT2D eigenvalue weighted by Crippen LogP contribution is 2.16. The van der Waals surface area contributed by atoms with Gasteiger partial charge < -0.3 is 9.47 Å². The van der Waals surface area contributed by atoms with Crippen molar-refractivity contribution in [2.45, 2.75) is 13.0 Å². The zero-order valence-corrected chi connectivity index (χ0v) is 13.3. The number of halogens is 2. The minimum atomic E-state index is -1.03. The predicted octanol–water partition coefficient (Wildman–Crippen LogP) is 1.96. The molecule has 2 aromatic rings. The number of hydrogen-bond acceptors (Lipinski definition) is 4. The van der Waals surface area contributed by atoms with Crippen LogP contribution in [0.25, 0.3) is 0 Å². The summed E-state index contributed by atoms with van der Waals surface area (Å²) in [7, 11) is 0. The average molecular weight is 350 g/mol. The van der Waals surface area contributed by atoms with Crippen LogP contribution in [0.15, 0.2) is 48.5 Å². The van der Waals surface area contributed by atoms with Crippen molar-refractivity contribution in [2.75, 3.05) is 6.61 Å². The van der Waals surface area contributed by atoms with Crippen molar-refractivity contribution in [1.82, 2.24) is 10.9 Å². The lowest BCUT2D eigenvalue weighted by molar-refractivity contribution is -0.133. The Morgan fingerprint density at radius 2 is 1.72 bits per heavy atom. The summed E-state index contributed by atoms with van der Waals surface area (Å²) in [5, 5.41) is 0. The minimum absolute atomic E-state index is 0.0730. The highest BCUT2D eigenvalue weighted by molar-refractivity contribution is 5.85. The van der Waals surface area contributed by atoms with Crippen molar-refractivity contribution in [2.24, 2.45) is 0 Å². The van der Waals surface area contributed by atoms with E-state index in [0.29, 0.717) is 5.75 Å². The second-order valence-corrected chi connectivity index (χ2v) is 4.97. The van der Waals surface area contributed by atoms with Crippen LogP contribution in [-0.2, 0) is 9.59 Å². The third kappa shape index (κ3) is 5.76. The molecule has 2 aromatic carbocycles. The molecular weight excluding hydrogens is 334 g/mol. The van der Waals surface area contributed by atoms with Gasteiger partial charge in [0.1, 0.15) is 11.6 Å². The van der Waals surface area contributed by atoms with Crippen molar-refractivity contribution in [3.63, 3.8) is 0 Å². The van der Waals surface area contributed by atoms with Gasteiger partial charge in [-0.3, -0.25) is 20.4 Å². The van der Waals surface area contributed by atoms with Crippen LogP contribution in [0.3, 0.4) is 0 Å². The quantitative estimate of drug-likeness (QED) is 0.781. The number of nitrogens with one attached hydrogen (secondary N) is 2. The van der Waals surface area contributed by atoms with Crippen LogP contribution in [-0.4, -0.2) is 24.5 Å². The van der Waals surface area contributed by atoms with E-state index >= 15 is 0 Å². The number of amides is 2. The molecule has 0 aliphatic heterocycles. The number of rotatable bonds is 6. The molecule has 0 unspecified atom stereocenters. The number of hydrogen-bond donors (Lipinski definition) is 2. The Bertz CT molecular complexity index is 738. The van der Waals surface area contributed by atoms with Crippen molar-refractivity contribution < 1.29 is 27.8 Å². The summed E-state index contributed by atoms with van der Waals surface area (Å²) in [6.45, 7) is 1.03. The van der Waals surface area contributed by atoms with E-state index < -0.39 is 29.6 Å². The first kappa shape index (κ1) is 18.2. The molecule has 0 aliphatic carbocycles. The number of carbonyl (C=O) groups is 2. The van der Waals surface area contributed by atoms with Gasteiger partial charge >= 0.3 is 0 Å². The molecule has 0 radical (unpaired) electrons. The van der Waals surface area contributed by atoms with Crippen LogP contribution in [0.5, 0.6) is 11.5 Å². The van der Waals surface area contributed by atoms with Crippen LogP contribution in [0.2, 0.25) is 0 Å². The molecule has 2 N–H and O–H groups in total. The van der Waals surface area contributed by atoms with Gasteiger partial charge in [0, 0.05) is 0 Å². The number of para-hydroxylation sites is 1. The monoisotopic (exact) mass is 350 g/mol. The summed E-state index contributed by atoms with van der Waals surface area (Å²) in [5.74, 6) is -2.09. The van der Waals surface area contributed by atoms with Crippen molar-refractivity contribution in [3.05, 3.63) is 60.2 Å². The molecule has 25 heavy (non-hydrogen) atoms. The lowest BCUT2D eigenvalue weighted by atomic mass is 10.3. The Kier molecular flexibility index (Phi) is 6.27. The van der Waals surface area contributed by atoms with Crippen LogP contribution in [0, 0.1) is 11.6 Å². The molecule has 0 aliphatic rings. The molecular formula is C17H16F2N2O4. The molecule has 0 spiro atoms. The molecule has 1 atom stereocenters. The maximum absolute atomic E-state index is 13.4. The largest absolute Gasteiger partial charge is 0.484 e. The summed E-state index contributed by atoms with van der Waals surface area (Å²) in [5.41, 5.74) is 4.28. The Balaban J connectivity index is 1.74. The van der Waals surface area contributed by atoms with Gasteiger partial charge in [0.2, 0.25) is 0 Å². The van der Waals surface area contributed by atoms with Gasteiger partial charge in [-0.2, -0.15) is 0 Å². The smallest absolute Gasteiger partial charge is 0.279 e. The van der Waals surface area contributed by atoms with E-state index in [9.17, 15) is 18.4 Å². The molecule has 0 fully saturated rings. The Labute approximate surface area is 142 Å². The Hall–Kier alpha value is -3.16. The normalized spacial score (nSPS) is 11.3. The molecule has 8 heteroatoms. The molecule has 0 heterocycles. The fourth-order valence-electron chi connectivity index (χ4n) is 1.73. The molecule has 0 saturated heterocycles. The molecule has 2 rings (SSSR count). The first-order valence-electron chi connectivity index (χ1n) is 7.34. The zero-order valence-electron chi connectivity index (χ0n) is 13.3. The fraction of sp³-hybridized carbons (Fsp3) is 0.176. The summed E-state index contributed by atoms with van der Waals surface area (Å²) in [4.78, 5) is 23.4. The molecule has 0 saturated carbocycles. The summed E-state index contributed by atoms with van der Waals surface area (Å²) >= 11 is 0. The first-order valence-corrected chi connectivity index (χ1v) is 7.34. The third-order valence-corrected chi connectivity index (χ3v) is 3.02. The Morgan fingerprint density at radius 3 is 2.40 bits per heavy atom. The fourth-order valence-corrected chi connectivity index (χ4v) is 1.73. The Morgan fingerprint density at radius 1 is 1.04 bits per heavy atom. The molecule has 6 nitrogen and oxygen atoms in total. The number of ether oxygens (including phenoxy) is 2. The molecule has 0 bridgehead atoms. The lowest BCUT2D eigenvalue weighted by Crippen LogP contribution is -2.48. The number of benzene rings is 2. The predicted molar refractivity (Wildman–Crippen MR) is 84.7 cm³/mol. The standard InChI is InChI=1S/C17H16F2N2O4/c1-11(25-15-5-3-2-4-14(15)19)17(23)21-20-16(22)10-24-13-8-6-12(18)7-9-13/h2-9,11H,10H2,1H3,(H,20,22)(H,21,23)/t11-/m1/s1. The summed E-state index contributed by atoms with van der Waals surface area (Å²) in [6.07, 6.45) is -1.03. The zero-order chi connectivity index (χ0) is 18.2. The van der Waals surface area contributed by atoms with Crippen molar-refractivity contribution in [3.8, 4) is 11.5 Å². The van der Waals surface area contributed by atoms with Gasteiger partial charge in [-0.1, -0.05) is 12.1 Å². The maximum Gasteiger partial charge on any atom is 0.279 e. The third-order valence-electron chi connectivity index (χ3n) is 3.02. The van der Waals surface area contributed by atoms with Crippen LogP contribution in [0.4, 0.5) is 8.78 Å². The van der Waals surface area contributed by atoms with Crippen LogP contribution < -0.4 is 20.3 Å². The first-order chi connectivity index (χ1) is 12.0. The van der Waals surface area contributed by atoms with Gasteiger partial charge in [-0.15, -0.1) is 0 Å². The van der Waals surface area contributed by atoms with Crippen molar-refractivity contribution in [1.29, 1.82) is 0 Å². The number of carbonyl (C=O) groups excluding carboxylic acids is 2. The SMILES string of the molecule is C[C@@H](Oc1ccccc1F)C(=O)NNC(=O)COc1ccc(F)cc1. The van der Waals surface area contributed by atoms with Gasteiger partial charge in [0.25, 0.3) is 11.8 Å². The highest BCUT2D eigenvalue weighted by atomic mass is 19.1. The van der Waals surface area contributed by atoms with E-state index in [1.807, 2.05) is 0 Å². The topological polar surface area (TPSA) is 76.7 Å². The van der Waals surface area contributed by atoms with E-state index in [-0.39, 0.29) is 12.4 Å². The summed E-state index contributed by atoms with van der Waals surface area (Å²) in [6, 6.07) is 10.8. The van der Waals surface area contributed by atoms with E-state index in [0.717, 1.165) is 0 Å². The van der Waals surface area contributed by atoms with Gasteiger partial charge in [-0.25, -0.2) is 8.78 Å². The number of hydrazine groups is 1. The van der Waals surface area contributed by atoms with Gasteiger partial charge in [-0.05, 0) is 43.3 Å².